The zero-order chi connectivity index (χ0) is 11.4. The number of hydrogen-bond donors (Lipinski definition) is 1. The van der Waals surface area contributed by atoms with Crippen LogP contribution in [0.3, 0.4) is 0 Å². The molecular weight excluding hydrogens is 178 g/mol. The maximum absolute atomic E-state index is 11.6. The molecule has 0 aromatic rings. The van der Waals surface area contributed by atoms with E-state index in [2.05, 4.69) is 5.32 Å². The third-order valence-corrected chi connectivity index (χ3v) is 1.89. The second kappa shape index (κ2) is 5.35. The number of rotatable bonds is 4. The average Bonchev–Trinajstić information content (AvgIpc) is 1.98. The van der Waals surface area contributed by atoms with Crippen LogP contribution in [0.4, 0.5) is 0 Å². The first-order valence-corrected chi connectivity index (χ1v) is 5.21. The molecule has 0 bridgehead atoms. The lowest BCUT2D eigenvalue weighted by molar-refractivity contribution is -0.148. The summed E-state index contributed by atoms with van der Waals surface area (Å²) in [6.45, 7) is 12.4. The molecule has 0 aromatic heterocycles. The summed E-state index contributed by atoms with van der Waals surface area (Å²) in [6.07, 6.45) is 0. The number of nitrogens with one attached hydrogen (secondary N) is 1. The highest BCUT2D eigenvalue weighted by molar-refractivity contribution is 5.76. The van der Waals surface area contributed by atoms with Gasteiger partial charge in [-0.15, -0.1) is 0 Å². The fourth-order valence-electron chi connectivity index (χ4n) is 1.23. The van der Waals surface area contributed by atoms with Gasteiger partial charge >= 0.3 is 5.97 Å². The highest BCUT2D eigenvalue weighted by atomic mass is 16.5. The Labute approximate surface area is 87.2 Å². The second-order valence-corrected chi connectivity index (χ2v) is 4.87. The Morgan fingerprint density at radius 3 is 2.14 bits per heavy atom. The molecular formula is C11H23NO2. The molecule has 84 valence electrons. The summed E-state index contributed by atoms with van der Waals surface area (Å²) >= 11 is 0. The number of carbonyl (C=O) groups is 1. The molecule has 0 radical (unpaired) electrons. The van der Waals surface area contributed by atoms with Crippen molar-refractivity contribution in [1.82, 2.24) is 5.32 Å². The van der Waals surface area contributed by atoms with Crippen LogP contribution in [-0.2, 0) is 9.53 Å². The zero-order valence-electron chi connectivity index (χ0n) is 10.2. The summed E-state index contributed by atoms with van der Waals surface area (Å²) in [5.74, 6) is -0.159. The molecule has 14 heavy (non-hydrogen) atoms. The van der Waals surface area contributed by atoms with Crippen molar-refractivity contribution < 1.29 is 9.53 Å². The van der Waals surface area contributed by atoms with E-state index in [0.717, 1.165) is 0 Å². The Balaban J connectivity index is 4.47. The van der Waals surface area contributed by atoms with E-state index in [1.807, 2.05) is 41.5 Å². The van der Waals surface area contributed by atoms with Crippen molar-refractivity contribution in [2.24, 2.45) is 5.41 Å². The summed E-state index contributed by atoms with van der Waals surface area (Å²) < 4.78 is 5.03. The summed E-state index contributed by atoms with van der Waals surface area (Å²) in [6, 6.07) is 0.0473. The molecule has 0 spiro atoms. The van der Waals surface area contributed by atoms with E-state index in [1.54, 1.807) is 0 Å². The number of carbonyl (C=O) groups excluding carboxylic acids is 1. The summed E-state index contributed by atoms with van der Waals surface area (Å²) in [5, 5.41) is 3.23. The van der Waals surface area contributed by atoms with Gasteiger partial charge in [0.1, 0.15) is 6.04 Å². The molecule has 0 saturated carbocycles. The number of hydrogen-bond acceptors (Lipinski definition) is 3. The lowest BCUT2D eigenvalue weighted by atomic mass is 9.86. The fourth-order valence-corrected chi connectivity index (χ4v) is 1.23. The highest BCUT2D eigenvalue weighted by Gasteiger charge is 2.32. The molecule has 3 heteroatoms. The molecule has 0 aromatic carbocycles. The lowest BCUT2D eigenvalue weighted by Crippen LogP contribution is -2.50. The molecule has 1 unspecified atom stereocenters. The van der Waals surface area contributed by atoms with Crippen molar-refractivity contribution in [3.05, 3.63) is 0 Å². The minimum absolute atomic E-state index is 0.115. The molecule has 0 aliphatic rings. The molecule has 0 aliphatic carbocycles. The quantitative estimate of drug-likeness (QED) is 0.707. The zero-order valence-corrected chi connectivity index (χ0v) is 10.2. The van der Waals surface area contributed by atoms with Gasteiger partial charge in [0.25, 0.3) is 0 Å². The van der Waals surface area contributed by atoms with Crippen LogP contribution in [0, 0.1) is 5.41 Å². The minimum atomic E-state index is -0.234. The molecule has 3 nitrogen and oxygen atoms in total. The standard InChI is InChI=1S/C11H23NO2/c1-7-14-10(13)9(11(4,5)6)12-8(2)3/h8-9,12H,7H2,1-6H3. The van der Waals surface area contributed by atoms with Gasteiger partial charge in [0, 0.05) is 6.04 Å². The predicted molar refractivity (Wildman–Crippen MR) is 58.1 cm³/mol. The van der Waals surface area contributed by atoms with Gasteiger partial charge in [0.2, 0.25) is 0 Å². The van der Waals surface area contributed by atoms with Crippen molar-refractivity contribution in [2.45, 2.75) is 53.6 Å². The normalized spacial score (nSPS) is 14.2. The molecule has 0 saturated heterocycles. The van der Waals surface area contributed by atoms with Crippen molar-refractivity contribution >= 4 is 5.97 Å². The molecule has 0 rings (SSSR count). The van der Waals surface area contributed by atoms with E-state index in [-0.39, 0.29) is 23.5 Å². The van der Waals surface area contributed by atoms with Crippen LogP contribution in [0.5, 0.6) is 0 Å². The molecule has 0 heterocycles. The summed E-state index contributed by atoms with van der Waals surface area (Å²) in [5.41, 5.74) is -0.115. The largest absolute Gasteiger partial charge is 0.465 e. The van der Waals surface area contributed by atoms with E-state index in [1.165, 1.54) is 0 Å². The summed E-state index contributed by atoms with van der Waals surface area (Å²) in [4.78, 5) is 11.6. The van der Waals surface area contributed by atoms with Gasteiger partial charge in [-0.2, -0.15) is 0 Å². The smallest absolute Gasteiger partial charge is 0.323 e. The van der Waals surface area contributed by atoms with Crippen LogP contribution in [0.25, 0.3) is 0 Å². The third kappa shape index (κ3) is 4.61. The van der Waals surface area contributed by atoms with Gasteiger partial charge in [-0.1, -0.05) is 34.6 Å². The SMILES string of the molecule is CCOC(=O)C(NC(C)C)C(C)(C)C. The van der Waals surface area contributed by atoms with Crippen molar-refractivity contribution in [3.63, 3.8) is 0 Å². The average molecular weight is 201 g/mol. The van der Waals surface area contributed by atoms with Gasteiger partial charge < -0.3 is 10.1 Å². The summed E-state index contributed by atoms with van der Waals surface area (Å²) in [7, 11) is 0. The highest BCUT2D eigenvalue weighted by Crippen LogP contribution is 2.20. The third-order valence-electron chi connectivity index (χ3n) is 1.89. The van der Waals surface area contributed by atoms with Crippen LogP contribution in [-0.4, -0.2) is 24.7 Å². The van der Waals surface area contributed by atoms with Gasteiger partial charge in [0.15, 0.2) is 0 Å². The molecule has 0 fully saturated rings. The first kappa shape index (κ1) is 13.4. The van der Waals surface area contributed by atoms with Crippen LogP contribution in [0.2, 0.25) is 0 Å². The Hall–Kier alpha value is -0.570. The van der Waals surface area contributed by atoms with Crippen LogP contribution in [0.1, 0.15) is 41.5 Å². The van der Waals surface area contributed by atoms with Crippen LogP contribution < -0.4 is 5.32 Å². The van der Waals surface area contributed by atoms with Crippen molar-refractivity contribution in [2.75, 3.05) is 6.61 Å². The van der Waals surface area contributed by atoms with Crippen molar-refractivity contribution in [1.29, 1.82) is 0 Å². The minimum Gasteiger partial charge on any atom is -0.465 e. The Bertz CT molecular complexity index is 182. The van der Waals surface area contributed by atoms with Gasteiger partial charge in [-0.25, -0.2) is 0 Å². The maximum atomic E-state index is 11.6. The molecule has 0 amide bonds. The van der Waals surface area contributed by atoms with E-state index in [9.17, 15) is 4.79 Å². The van der Waals surface area contributed by atoms with E-state index >= 15 is 0 Å². The molecule has 0 aliphatic heterocycles. The topological polar surface area (TPSA) is 38.3 Å². The Morgan fingerprint density at radius 2 is 1.86 bits per heavy atom. The first-order chi connectivity index (χ1) is 6.29. The van der Waals surface area contributed by atoms with Gasteiger partial charge in [-0.05, 0) is 12.3 Å². The molecule has 1 atom stereocenters. The van der Waals surface area contributed by atoms with Crippen LogP contribution in [0.15, 0.2) is 0 Å². The second-order valence-electron chi connectivity index (χ2n) is 4.87. The monoisotopic (exact) mass is 201 g/mol. The fraction of sp³-hybridized carbons (Fsp3) is 0.909. The lowest BCUT2D eigenvalue weighted by Gasteiger charge is -2.31. The predicted octanol–water partition coefficient (Wildman–Crippen LogP) is 1.96. The first-order valence-electron chi connectivity index (χ1n) is 5.21. The van der Waals surface area contributed by atoms with E-state index in [4.69, 9.17) is 4.74 Å². The van der Waals surface area contributed by atoms with E-state index in [0.29, 0.717) is 6.61 Å². The van der Waals surface area contributed by atoms with Gasteiger partial charge in [0.05, 0.1) is 6.61 Å². The number of esters is 1. The Morgan fingerprint density at radius 1 is 1.36 bits per heavy atom. The molecule has 1 N–H and O–H groups in total. The van der Waals surface area contributed by atoms with Crippen molar-refractivity contribution in [3.8, 4) is 0 Å². The van der Waals surface area contributed by atoms with Crippen LogP contribution >= 0.6 is 0 Å². The maximum Gasteiger partial charge on any atom is 0.323 e. The Kier molecular flexibility index (Phi) is 5.13. The van der Waals surface area contributed by atoms with E-state index < -0.39 is 0 Å². The number of ether oxygens (including phenoxy) is 1. The van der Waals surface area contributed by atoms with Gasteiger partial charge in [-0.3, -0.25) is 4.79 Å².